The first kappa shape index (κ1) is 29.5. The average Bonchev–Trinajstić information content (AvgIpc) is 3.08. The molecule has 0 aliphatic carbocycles. The molecule has 0 bridgehead atoms. The molecule has 3 aromatic rings. The monoisotopic (exact) mass is 570 g/mol. The Morgan fingerprint density at radius 1 is 0.805 bits per heavy atom. The first-order valence-electron chi connectivity index (χ1n) is 14.5. The summed E-state index contributed by atoms with van der Waals surface area (Å²) >= 11 is 0. The van der Waals surface area contributed by atoms with E-state index in [0.717, 1.165) is 17.7 Å². The standard InChI is InChI=1S/C35H42O5Si/c1-6-30-32(40-41(35(2,3)4,28-15-9-7-10-16-28)29-17-11-8-12-18-29)20-14-13-19-31-33(38-30)25-37-34(39-31)26-21-23-27(36-5)24-22-26/h6-18,21-24,30-34H,1,19-20,25H2,2-5H3/b14-13-/t30-,31+,32-,33-,34-/m1/s1. The number of rotatable bonds is 7. The zero-order valence-corrected chi connectivity index (χ0v) is 25.6. The summed E-state index contributed by atoms with van der Waals surface area (Å²) in [5.41, 5.74) is 0.960. The van der Waals surface area contributed by atoms with E-state index in [9.17, 15) is 0 Å². The first-order chi connectivity index (χ1) is 19.9. The lowest BCUT2D eigenvalue weighted by Crippen LogP contribution is -2.68. The Morgan fingerprint density at radius 2 is 1.41 bits per heavy atom. The normalized spacial score (nSPS) is 26.1. The maximum atomic E-state index is 7.50. The fourth-order valence-electron chi connectivity index (χ4n) is 5.97. The van der Waals surface area contributed by atoms with Crippen molar-refractivity contribution in [3.05, 3.63) is 115 Å². The third-order valence-electron chi connectivity index (χ3n) is 8.09. The van der Waals surface area contributed by atoms with E-state index in [1.54, 1.807) is 7.11 Å². The number of hydrogen-bond donors (Lipinski definition) is 0. The van der Waals surface area contributed by atoms with Gasteiger partial charge < -0.3 is 23.4 Å². The maximum absolute atomic E-state index is 7.50. The molecule has 0 spiro atoms. The molecule has 0 saturated carbocycles. The van der Waals surface area contributed by atoms with Gasteiger partial charge in [0.1, 0.15) is 18.0 Å². The van der Waals surface area contributed by atoms with Gasteiger partial charge in [0.25, 0.3) is 8.32 Å². The van der Waals surface area contributed by atoms with Gasteiger partial charge in [0, 0.05) is 5.56 Å². The molecule has 1 fully saturated rings. The molecule has 216 valence electrons. The lowest BCUT2D eigenvalue weighted by molar-refractivity contribution is -0.272. The smallest absolute Gasteiger partial charge is 0.261 e. The van der Waals surface area contributed by atoms with Crippen LogP contribution in [-0.4, -0.2) is 46.4 Å². The topological polar surface area (TPSA) is 46.2 Å². The van der Waals surface area contributed by atoms with Crippen LogP contribution in [-0.2, 0) is 18.6 Å². The van der Waals surface area contributed by atoms with Crippen LogP contribution in [0.2, 0.25) is 5.04 Å². The highest BCUT2D eigenvalue weighted by molar-refractivity contribution is 6.99. The highest BCUT2D eigenvalue weighted by Gasteiger charge is 2.52. The molecule has 0 unspecified atom stereocenters. The van der Waals surface area contributed by atoms with E-state index < -0.39 is 14.6 Å². The zero-order chi connectivity index (χ0) is 28.9. The summed E-state index contributed by atoms with van der Waals surface area (Å²) in [7, 11) is -1.13. The van der Waals surface area contributed by atoms with Crippen LogP contribution in [0.5, 0.6) is 5.75 Å². The van der Waals surface area contributed by atoms with Gasteiger partial charge in [0.05, 0.1) is 25.9 Å². The minimum absolute atomic E-state index is 0.144. The lowest BCUT2D eigenvalue weighted by atomic mass is 10.1. The molecule has 0 N–H and O–H groups in total. The van der Waals surface area contributed by atoms with Crippen molar-refractivity contribution in [2.75, 3.05) is 13.7 Å². The molecular weight excluding hydrogens is 528 g/mol. The summed E-state index contributed by atoms with van der Waals surface area (Å²) < 4.78 is 32.2. The molecule has 0 radical (unpaired) electrons. The molecule has 2 aliphatic rings. The second kappa shape index (κ2) is 12.9. The predicted octanol–water partition coefficient (Wildman–Crippen LogP) is 6.34. The molecule has 0 aromatic heterocycles. The molecule has 5 atom stereocenters. The third kappa shape index (κ3) is 6.27. The number of hydrogen-bond acceptors (Lipinski definition) is 5. The SMILES string of the molecule is C=C[C@H]1O[C@@H]2CO[C@@H](c3ccc(OC)cc3)O[C@H]2C/C=C\C[C@H]1O[Si](c1ccccc1)(c1ccccc1)C(C)(C)C. The first-order valence-corrected chi connectivity index (χ1v) is 16.4. The predicted molar refractivity (Wildman–Crippen MR) is 166 cm³/mol. The quantitative estimate of drug-likeness (QED) is 0.245. The minimum atomic E-state index is -2.79. The number of ether oxygens (including phenoxy) is 4. The van der Waals surface area contributed by atoms with Crippen molar-refractivity contribution in [1.29, 1.82) is 0 Å². The van der Waals surface area contributed by atoms with E-state index in [-0.39, 0.29) is 29.5 Å². The van der Waals surface area contributed by atoms with Gasteiger partial charge in [-0.25, -0.2) is 0 Å². The second-order valence-corrected chi connectivity index (χ2v) is 16.0. The van der Waals surface area contributed by atoms with Crippen molar-refractivity contribution in [3.8, 4) is 5.75 Å². The van der Waals surface area contributed by atoms with Gasteiger partial charge in [-0.15, -0.1) is 6.58 Å². The molecule has 5 rings (SSSR count). The molecule has 6 heteroatoms. The number of benzene rings is 3. The van der Waals surface area contributed by atoms with Crippen LogP contribution in [0.4, 0.5) is 0 Å². The van der Waals surface area contributed by atoms with E-state index in [2.05, 4.69) is 100 Å². The second-order valence-electron chi connectivity index (χ2n) is 11.8. The molecule has 41 heavy (non-hydrogen) atoms. The Labute approximate surface area is 245 Å². The Bertz CT molecular complexity index is 1250. The minimum Gasteiger partial charge on any atom is -0.497 e. The number of fused-ring (bicyclic) bond motifs is 1. The van der Waals surface area contributed by atoms with Gasteiger partial charge >= 0.3 is 0 Å². The van der Waals surface area contributed by atoms with Crippen LogP contribution in [0.15, 0.2) is 110 Å². The van der Waals surface area contributed by atoms with Crippen LogP contribution in [0.3, 0.4) is 0 Å². The van der Waals surface area contributed by atoms with Crippen molar-refractivity contribution in [2.45, 2.75) is 69.4 Å². The van der Waals surface area contributed by atoms with Gasteiger partial charge in [0.2, 0.25) is 0 Å². The highest BCUT2D eigenvalue weighted by atomic mass is 28.4. The van der Waals surface area contributed by atoms with Crippen LogP contribution < -0.4 is 15.1 Å². The zero-order valence-electron chi connectivity index (χ0n) is 24.6. The number of methoxy groups -OCH3 is 1. The summed E-state index contributed by atoms with van der Waals surface area (Å²) in [4.78, 5) is 0. The summed E-state index contributed by atoms with van der Waals surface area (Å²) in [6.45, 7) is 11.5. The van der Waals surface area contributed by atoms with E-state index in [1.807, 2.05) is 30.3 Å². The van der Waals surface area contributed by atoms with E-state index >= 15 is 0 Å². The molecule has 2 aliphatic heterocycles. The molecule has 5 nitrogen and oxygen atoms in total. The summed E-state index contributed by atoms with van der Waals surface area (Å²) in [6, 6.07) is 29.3. The Balaban J connectivity index is 1.43. The van der Waals surface area contributed by atoms with E-state index in [4.69, 9.17) is 23.4 Å². The van der Waals surface area contributed by atoms with Crippen molar-refractivity contribution in [3.63, 3.8) is 0 Å². The van der Waals surface area contributed by atoms with Gasteiger partial charge in [-0.2, -0.15) is 0 Å². The summed E-state index contributed by atoms with van der Waals surface area (Å²) in [6.07, 6.45) is 6.32. The van der Waals surface area contributed by atoms with Gasteiger partial charge in [0.15, 0.2) is 6.29 Å². The molecular formula is C35H42O5Si. The van der Waals surface area contributed by atoms with Gasteiger partial charge in [-0.05, 0) is 40.4 Å². The van der Waals surface area contributed by atoms with E-state index in [1.165, 1.54) is 10.4 Å². The van der Waals surface area contributed by atoms with Gasteiger partial charge in [-0.1, -0.05) is 112 Å². The third-order valence-corrected chi connectivity index (χ3v) is 13.2. The summed E-state index contributed by atoms with van der Waals surface area (Å²) in [5, 5.41) is 2.35. The Morgan fingerprint density at radius 3 is 1.98 bits per heavy atom. The average molecular weight is 571 g/mol. The summed E-state index contributed by atoms with van der Waals surface area (Å²) in [5.74, 6) is 0.803. The van der Waals surface area contributed by atoms with Crippen LogP contribution >= 0.6 is 0 Å². The Hall–Kier alpha value is -3.00. The van der Waals surface area contributed by atoms with Crippen LogP contribution in [0, 0.1) is 0 Å². The van der Waals surface area contributed by atoms with Gasteiger partial charge in [-0.3, -0.25) is 0 Å². The fraction of sp³-hybridized carbons (Fsp3) is 0.371. The molecule has 1 saturated heterocycles. The lowest BCUT2D eigenvalue weighted by Gasteiger charge is -2.46. The Kier molecular flexibility index (Phi) is 9.27. The van der Waals surface area contributed by atoms with Crippen molar-refractivity contribution in [1.82, 2.24) is 0 Å². The largest absolute Gasteiger partial charge is 0.497 e. The highest BCUT2D eigenvalue weighted by Crippen LogP contribution is 2.39. The van der Waals surface area contributed by atoms with Crippen molar-refractivity contribution >= 4 is 18.7 Å². The van der Waals surface area contributed by atoms with Crippen LogP contribution in [0.1, 0.15) is 45.5 Å². The molecule has 3 aromatic carbocycles. The molecule has 0 amide bonds. The fourth-order valence-corrected chi connectivity index (χ4v) is 10.7. The van der Waals surface area contributed by atoms with Crippen molar-refractivity contribution in [2.24, 2.45) is 0 Å². The maximum Gasteiger partial charge on any atom is 0.261 e. The van der Waals surface area contributed by atoms with Crippen molar-refractivity contribution < 1.29 is 23.4 Å². The van der Waals surface area contributed by atoms with Crippen LogP contribution in [0.25, 0.3) is 0 Å². The van der Waals surface area contributed by atoms with E-state index in [0.29, 0.717) is 13.0 Å². The molecule has 2 heterocycles.